The molecule has 0 aliphatic carbocycles. The predicted octanol–water partition coefficient (Wildman–Crippen LogP) is 4.74. The molecule has 0 saturated carbocycles. The maximum absolute atomic E-state index is 13.1. The van der Waals surface area contributed by atoms with Gasteiger partial charge in [-0.15, -0.1) is 39.4 Å². The average Bonchev–Trinajstić information content (AvgIpc) is 3.29. The third kappa shape index (κ3) is 17.0. The second-order valence-electron chi connectivity index (χ2n) is 13.0. The standard InChI is InChI=1S/C31H34N8O25S8/c1-57-26-7-4-18(67(42,43)11-8-58-65-63-61-40)14-23(26)36-38-25-17-24(37-34-21-5-2-19(15-27(21)70(48,49)50)68(44,45)12-9-59-66-64-62-41)29(32)31(30(25)33)39-35-22-6-3-20(16-28(22)71(51,52)53)69(46,47)13-10-60-72(54,55)56/h2-7,14-17,40-41H,8-13,32-33H2,1H3,(H,48,49,50)(H,51,52,53)(H,54,55,56). The van der Waals surface area contributed by atoms with Crippen molar-refractivity contribution in [2.75, 3.05) is 55.7 Å². The number of anilines is 2. The molecule has 9 N–H and O–H groups in total. The van der Waals surface area contributed by atoms with Crippen molar-refractivity contribution >= 4 is 130 Å². The molecule has 0 heterocycles. The molecule has 0 spiro atoms. The Kier molecular flexibility index (Phi) is 20.9. The van der Waals surface area contributed by atoms with Crippen LogP contribution in [0.4, 0.5) is 45.5 Å². The Morgan fingerprint density at radius 1 is 0.500 bits per heavy atom. The normalized spacial score (nSPS) is 13.2. The number of hydrogen-bond donors (Lipinski definition) is 7. The second-order valence-corrected chi connectivity index (χ2v) is 24.2. The lowest BCUT2D eigenvalue weighted by molar-refractivity contribution is -0.434. The van der Waals surface area contributed by atoms with E-state index in [4.69, 9.17) is 39.6 Å². The zero-order valence-electron chi connectivity index (χ0n) is 35.5. The molecule has 0 unspecified atom stereocenters. The maximum Gasteiger partial charge on any atom is 0.397 e. The van der Waals surface area contributed by atoms with E-state index in [0.717, 1.165) is 42.5 Å². The molecule has 0 fully saturated rings. The lowest BCUT2D eigenvalue weighted by Gasteiger charge is -2.11. The van der Waals surface area contributed by atoms with Gasteiger partial charge in [-0.2, -0.15) is 25.3 Å². The van der Waals surface area contributed by atoms with Gasteiger partial charge >= 0.3 is 10.4 Å². The van der Waals surface area contributed by atoms with Gasteiger partial charge in [0.25, 0.3) is 20.2 Å². The minimum atomic E-state index is -5.38. The van der Waals surface area contributed by atoms with Crippen molar-refractivity contribution < 1.29 is 111 Å². The zero-order valence-corrected chi connectivity index (χ0v) is 42.1. The van der Waals surface area contributed by atoms with Crippen LogP contribution in [0.15, 0.2) is 116 Å². The molecular weight excluding hydrogens is 1140 g/mol. The first-order chi connectivity index (χ1) is 33.5. The molecule has 0 aliphatic rings. The number of rotatable bonds is 28. The van der Waals surface area contributed by atoms with Gasteiger partial charge < -0.3 is 16.2 Å². The van der Waals surface area contributed by atoms with Crippen LogP contribution in [0.25, 0.3) is 0 Å². The fraction of sp³-hybridized carbons (Fsp3) is 0.226. The highest BCUT2D eigenvalue weighted by atomic mass is 32.3. The average molecular weight is 1180 g/mol. The number of benzene rings is 4. The summed E-state index contributed by atoms with van der Waals surface area (Å²) in [5.41, 5.74) is 8.07. The summed E-state index contributed by atoms with van der Waals surface area (Å²) >= 11 is 0.183. The number of azo groups is 3. The van der Waals surface area contributed by atoms with Gasteiger partial charge in [-0.25, -0.2) is 40.0 Å². The van der Waals surface area contributed by atoms with E-state index in [9.17, 15) is 59.6 Å². The number of methoxy groups -OCH3 is 1. The van der Waals surface area contributed by atoms with Crippen molar-refractivity contribution in [1.82, 2.24) is 0 Å². The van der Waals surface area contributed by atoms with Gasteiger partial charge in [-0.05, 0) is 60.7 Å². The summed E-state index contributed by atoms with van der Waals surface area (Å²) < 4.78 is 205. The third-order valence-electron chi connectivity index (χ3n) is 8.44. The van der Waals surface area contributed by atoms with Crippen molar-refractivity contribution in [2.45, 2.75) is 24.5 Å². The highest BCUT2D eigenvalue weighted by Crippen LogP contribution is 2.46. The number of ether oxygens (including phenoxy) is 1. The molecular formula is C31H34N8O25S8. The molecule has 72 heavy (non-hydrogen) atoms. The van der Waals surface area contributed by atoms with Crippen molar-refractivity contribution in [1.29, 1.82) is 0 Å². The topological polar surface area (TPSA) is 506 Å². The molecule has 396 valence electrons. The summed E-state index contributed by atoms with van der Waals surface area (Å²) in [6.07, 6.45) is 0. The zero-order chi connectivity index (χ0) is 53.7. The molecule has 0 bridgehead atoms. The van der Waals surface area contributed by atoms with Crippen LogP contribution in [0.5, 0.6) is 5.75 Å². The number of nitrogens with two attached hydrogens (primary N) is 2. The van der Waals surface area contributed by atoms with Gasteiger partial charge in [-0.3, -0.25) is 22.0 Å². The third-order valence-corrected chi connectivity index (χ3v) is 16.5. The van der Waals surface area contributed by atoms with E-state index in [-0.39, 0.29) is 41.0 Å². The molecule has 4 aromatic rings. The smallest absolute Gasteiger partial charge is 0.397 e. The first-order valence-electron chi connectivity index (χ1n) is 18.3. The first-order valence-corrected chi connectivity index (χ1v) is 28.8. The molecule has 0 aliphatic heterocycles. The van der Waals surface area contributed by atoms with Crippen LogP contribution >= 0.6 is 24.6 Å². The van der Waals surface area contributed by atoms with Gasteiger partial charge in [-0.1, -0.05) is 10.1 Å². The molecule has 4 aromatic carbocycles. The summed E-state index contributed by atoms with van der Waals surface area (Å²) in [6, 6.07) is 8.41. The Morgan fingerprint density at radius 3 is 1.31 bits per heavy atom. The lowest BCUT2D eigenvalue weighted by Crippen LogP contribution is -2.16. The summed E-state index contributed by atoms with van der Waals surface area (Å²) in [6.45, 7) is -2.16. The Balaban J connectivity index is 1.90. The minimum absolute atomic E-state index is 0.0584. The van der Waals surface area contributed by atoms with E-state index < -0.39 is 157 Å². The van der Waals surface area contributed by atoms with Gasteiger partial charge in [0.05, 0.1) is 70.3 Å². The highest BCUT2D eigenvalue weighted by molar-refractivity contribution is 7.92. The van der Waals surface area contributed by atoms with Gasteiger partial charge in [0.15, 0.2) is 54.2 Å². The van der Waals surface area contributed by atoms with Crippen molar-refractivity contribution in [3.63, 3.8) is 0 Å². The van der Waals surface area contributed by atoms with Crippen LogP contribution in [-0.2, 0) is 91.4 Å². The van der Waals surface area contributed by atoms with Gasteiger partial charge in [0.1, 0.15) is 49.7 Å². The summed E-state index contributed by atoms with van der Waals surface area (Å²) in [4.78, 5) is -4.13. The van der Waals surface area contributed by atoms with Crippen LogP contribution in [0.2, 0.25) is 0 Å². The fourth-order valence-electron chi connectivity index (χ4n) is 5.18. The number of sulfone groups is 3. The SMILES string of the molecule is COc1ccc(S(=O)(=O)CCOSOOO)cc1N=Nc1cc(N=Nc2ccc(S(=O)(=O)CCOSOOO)cc2S(=O)(=O)O)c(N)c(N=Nc2ccc(S(=O)(=O)CCOS(=O)(=O)O)cc2S(=O)(=O)O)c1N. The van der Waals surface area contributed by atoms with E-state index >= 15 is 0 Å². The number of hydrogen-bond acceptors (Lipinski definition) is 32. The molecule has 4 rings (SSSR count). The summed E-state index contributed by atoms with van der Waals surface area (Å²) in [7, 11) is -27.6. The van der Waals surface area contributed by atoms with E-state index in [2.05, 4.69) is 53.6 Å². The largest absolute Gasteiger partial charge is 0.494 e. The van der Waals surface area contributed by atoms with Crippen molar-refractivity contribution in [3.8, 4) is 5.75 Å². The van der Waals surface area contributed by atoms with E-state index in [1.165, 1.54) is 13.2 Å². The van der Waals surface area contributed by atoms with Crippen LogP contribution in [-0.4, -0.2) is 119 Å². The van der Waals surface area contributed by atoms with E-state index in [1.54, 1.807) is 0 Å². The van der Waals surface area contributed by atoms with Crippen LogP contribution in [0, 0.1) is 0 Å². The Labute approximate surface area is 415 Å². The fourth-order valence-corrected chi connectivity index (χ4v) is 11.0. The highest BCUT2D eigenvalue weighted by Gasteiger charge is 2.26. The van der Waals surface area contributed by atoms with Gasteiger partial charge in [0.2, 0.25) is 0 Å². The molecule has 0 saturated heterocycles. The molecule has 0 atom stereocenters. The van der Waals surface area contributed by atoms with Gasteiger partial charge in [0, 0.05) is 0 Å². The number of nitrogen functional groups attached to an aromatic ring is 2. The Bertz CT molecular complexity index is 3420. The summed E-state index contributed by atoms with van der Waals surface area (Å²) in [5.74, 6) is -2.62. The van der Waals surface area contributed by atoms with Crippen molar-refractivity contribution in [2.24, 2.45) is 30.7 Å². The van der Waals surface area contributed by atoms with E-state index in [1.807, 2.05) is 0 Å². The van der Waals surface area contributed by atoms with E-state index in [0.29, 0.717) is 12.1 Å². The quantitative estimate of drug-likeness (QED) is 0.00767. The molecule has 0 aromatic heterocycles. The summed E-state index contributed by atoms with van der Waals surface area (Å²) in [5, 5.41) is 46.3. The molecule has 0 amide bonds. The van der Waals surface area contributed by atoms with Crippen LogP contribution < -0.4 is 16.2 Å². The first kappa shape index (κ1) is 59.6. The molecule has 0 radical (unpaired) electrons. The Hall–Kier alpha value is -5.00. The predicted molar refractivity (Wildman–Crippen MR) is 244 cm³/mol. The second kappa shape index (κ2) is 25.3. The van der Waals surface area contributed by atoms with Crippen LogP contribution in [0.3, 0.4) is 0 Å². The molecule has 33 nitrogen and oxygen atoms in total. The molecule has 41 heteroatoms. The maximum atomic E-state index is 13.1. The lowest BCUT2D eigenvalue weighted by atomic mass is 10.2. The number of nitrogens with zero attached hydrogens (tertiary/aromatic N) is 6. The van der Waals surface area contributed by atoms with Crippen LogP contribution in [0.1, 0.15) is 0 Å². The van der Waals surface area contributed by atoms with Crippen molar-refractivity contribution in [3.05, 3.63) is 60.7 Å². The Morgan fingerprint density at radius 2 is 0.889 bits per heavy atom. The minimum Gasteiger partial charge on any atom is -0.494 e. The monoisotopic (exact) mass is 1170 g/mol.